The van der Waals surface area contributed by atoms with Crippen molar-refractivity contribution in [3.63, 3.8) is 0 Å². The molecule has 3 rings (SSSR count). The molecule has 2 fully saturated rings. The van der Waals surface area contributed by atoms with Gasteiger partial charge in [0, 0.05) is 44.1 Å². The van der Waals surface area contributed by atoms with Crippen molar-refractivity contribution in [3.8, 4) is 0 Å². The Labute approximate surface area is 149 Å². The summed E-state index contributed by atoms with van der Waals surface area (Å²) in [5.74, 6) is 0.444. The SMILES string of the molecule is CCCC(=O)N1CCCC2(CCC(=O)N(Cc3cnc(C)cn3)C2)C1. The topological polar surface area (TPSA) is 66.4 Å². The highest BCUT2D eigenvalue weighted by Gasteiger charge is 2.42. The summed E-state index contributed by atoms with van der Waals surface area (Å²) in [6, 6.07) is 0. The first-order valence-electron chi connectivity index (χ1n) is 9.34. The minimum absolute atomic E-state index is 0.0493. The molecule has 1 aromatic rings. The average molecular weight is 344 g/mol. The lowest BCUT2D eigenvalue weighted by Crippen LogP contribution is -2.54. The molecule has 1 unspecified atom stereocenters. The minimum atomic E-state index is 0.0493. The zero-order chi connectivity index (χ0) is 17.9. The second kappa shape index (κ2) is 7.50. The lowest BCUT2D eigenvalue weighted by atomic mass is 9.73. The van der Waals surface area contributed by atoms with Crippen molar-refractivity contribution in [2.24, 2.45) is 5.41 Å². The molecule has 2 aliphatic heterocycles. The lowest BCUT2D eigenvalue weighted by Gasteiger charge is -2.48. The Balaban J connectivity index is 1.69. The monoisotopic (exact) mass is 344 g/mol. The molecule has 25 heavy (non-hydrogen) atoms. The van der Waals surface area contributed by atoms with Crippen molar-refractivity contribution in [1.29, 1.82) is 0 Å². The molecule has 0 aromatic carbocycles. The van der Waals surface area contributed by atoms with E-state index in [9.17, 15) is 9.59 Å². The summed E-state index contributed by atoms with van der Waals surface area (Å²) in [6.07, 6.45) is 8.57. The van der Waals surface area contributed by atoms with Gasteiger partial charge in [-0.15, -0.1) is 0 Å². The van der Waals surface area contributed by atoms with Crippen LogP contribution in [0.2, 0.25) is 0 Å². The van der Waals surface area contributed by atoms with Gasteiger partial charge in [-0.25, -0.2) is 0 Å². The van der Waals surface area contributed by atoms with Crippen LogP contribution in [0.4, 0.5) is 0 Å². The number of piperidine rings is 2. The molecule has 0 bridgehead atoms. The fourth-order valence-electron chi connectivity index (χ4n) is 4.07. The maximum absolute atomic E-state index is 12.4. The van der Waals surface area contributed by atoms with Crippen LogP contribution in [-0.2, 0) is 16.1 Å². The molecule has 0 aliphatic carbocycles. The van der Waals surface area contributed by atoms with Gasteiger partial charge >= 0.3 is 0 Å². The third kappa shape index (κ3) is 4.17. The standard InChI is InChI=1S/C19H28N4O2/c1-3-5-17(24)22-9-4-7-19(13-22)8-6-18(25)23(14-19)12-16-11-20-15(2)10-21-16/h10-11H,3-9,12-14H2,1-2H3. The molecule has 3 heterocycles. The fourth-order valence-corrected chi connectivity index (χ4v) is 4.07. The first-order chi connectivity index (χ1) is 12.0. The van der Waals surface area contributed by atoms with Crippen LogP contribution >= 0.6 is 0 Å². The first kappa shape index (κ1) is 17.8. The van der Waals surface area contributed by atoms with Crippen LogP contribution in [0.3, 0.4) is 0 Å². The molecule has 136 valence electrons. The molecule has 6 nitrogen and oxygen atoms in total. The number of amides is 2. The number of aromatic nitrogens is 2. The molecule has 2 amide bonds. The molecule has 1 spiro atoms. The number of hydrogen-bond donors (Lipinski definition) is 0. The smallest absolute Gasteiger partial charge is 0.222 e. The third-order valence-corrected chi connectivity index (χ3v) is 5.41. The molecule has 1 aromatic heterocycles. The van der Waals surface area contributed by atoms with Gasteiger partial charge in [0.05, 0.1) is 24.1 Å². The quantitative estimate of drug-likeness (QED) is 0.841. The summed E-state index contributed by atoms with van der Waals surface area (Å²) in [5.41, 5.74) is 1.75. The van der Waals surface area contributed by atoms with E-state index in [0.717, 1.165) is 56.7 Å². The fraction of sp³-hybridized carbons (Fsp3) is 0.684. The molecule has 2 saturated heterocycles. The molecule has 6 heteroatoms. The van der Waals surface area contributed by atoms with E-state index in [0.29, 0.717) is 19.4 Å². The second-order valence-corrected chi connectivity index (χ2v) is 7.57. The van der Waals surface area contributed by atoms with Crippen LogP contribution in [0.1, 0.15) is 56.8 Å². The van der Waals surface area contributed by atoms with E-state index in [1.54, 1.807) is 12.4 Å². The molecular formula is C19H28N4O2. The number of rotatable bonds is 4. The summed E-state index contributed by atoms with van der Waals surface area (Å²) < 4.78 is 0. The highest BCUT2D eigenvalue weighted by Crippen LogP contribution is 2.39. The average Bonchev–Trinajstić information content (AvgIpc) is 2.61. The predicted molar refractivity (Wildman–Crippen MR) is 94.6 cm³/mol. The number of carbonyl (C=O) groups excluding carboxylic acids is 2. The Kier molecular flexibility index (Phi) is 5.35. The largest absolute Gasteiger partial charge is 0.342 e. The predicted octanol–water partition coefficient (Wildman–Crippen LogP) is 2.32. The van der Waals surface area contributed by atoms with Gasteiger partial charge < -0.3 is 9.80 Å². The summed E-state index contributed by atoms with van der Waals surface area (Å²) in [4.78, 5) is 37.3. The Morgan fingerprint density at radius 1 is 1.24 bits per heavy atom. The summed E-state index contributed by atoms with van der Waals surface area (Å²) in [6.45, 7) is 6.82. The summed E-state index contributed by atoms with van der Waals surface area (Å²) in [5, 5.41) is 0. The zero-order valence-corrected chi connectivity index (χ0v) is 15.3. The number of aryl methyl sites for hydroxylation is 1. The lowest BCUT2D eigenvalue weighted by molar-refractivity contribution is -0.143. The van der Waals surface area contributed by atoms with Gasteiger partial charge in [0.15, 0.2) is 0 Å². The third-order valence-electron chi connectivity index (χ3n) is 5.41. The van der Waals surface area contributed by atoms with Gasteiger partial charge in [-0.2, -0.15) is 0 Å². The number of nitrogens with zero attached hydrogens (tertiary/aromatic N) is 4. The number of likely N-dealkylation sites (tertiary alicyclic amines) is 2. The molecule has 0 radical (unpaired) electrons. The van der Waals surface area contributed by atoms with E-state index in [4.69, 9.17) is 0 Å². The zero-order valence-electron chi connectivity index (χ0n) is 15.3. The highest BCUT2D eigenvalue weighted by atomic mass is 16.2. The minimum Gasteiger partial charge on any atom is -0.342 e. The van der Waals surface area contributed by atoms with Gasteiger partial charge in [0.1, 0.15) is 0 Å². The normalized spacial score (nSPS) is 24.0. The number of carbonyl (C=O) groups is 2. The van der Waals surface area contributed by atoms with Crippen LogP contribution in [0, 0.1) is 12.3 Å². The summed E-state index contributed by atoms with van der Waals surface area (Å²) in [7, 11) is 0. The molecule has 0 N–H and O–H groups in total. The Hall–Kier alpha value is -1.98. The molecule has 1 atom stereocenters. The Morgan fingerprint density at radius 3 is 2.80 bits per heavy atom. The van der Waals surface area contributed by atoms with Crippen molar-refractivity contribution in [3.05, 3.63) is 23.8 Å². The van der Waals surface area contributed by atoms with E-state index in [1.807, 2.05) is 23.6 Å². The van der Waals surface area contributed by atoms with Crippen molar-refractivity contribution in [1.82, 2.24) is 19.8 Å². The molecule has 0 saturated carbocycles. The van der Waals surface area contributed by atoms with Crippen molar-refractivity contribution < 1.29 is 9.59 Å². The first-order valence-corrected chi connectivity index (χ1v) is 9.34. The van der Waals surface area contributed by atoms with Crippen LogP contribution < -0.4 is 0 Å². The molecule has 2 aliphatic rings. The second-order valence-electron chi connectivity index (χ2n) is 7.57. The van der Waals surface area contributed by atoms with Crippen LogP contribution in [0.5, 0.6) is 0 Å². The van der Waals surface area contributed by atoms with E-state index in [2.05, 4.69) is 9.97 Å². The van der Waals surface area contributed by atoms with Crippen molar-refractivity contribution >= 4 is 11.8 Å². The van der Waals surface area contributed by atoms with Crippen molar-refractivity contribution in [2.75, 3.05) is 19.6 Å². The van der Waals surface area contributed by atoms with Crippen LogP contribution in [-0.4, -0.2) is 51.2 Å². The Morgan fingerprint density at radius 2 is 2.08 bits per heavy atom. The Bertz CT molecular complexity index is 631. The van der Waals surface area contributed by atoms with E-state index in [1.165, 1.54) is 0 Å². The van der Waals surface area contributed by atoms with Gasteiger partial charge in [0.25, 0.3) is 0 Å². The van der Waals surface area contributed by atoms with Gasteiger partial charge in [-0.1, -0.05) is 6.92 Å². The van der Waals surface area contributed by atoms with Gasteiger partial charge in [-0.05, 0) is 32.6 Å². The maximum Gasteiger partial charge on any atom is 0.222 e. The van der Waals surface area contributed by atoms with Crippen LogP contribution in [0.15, 0.2) is 12.4 Å². The number of hydrogen-bond acceptors (Lipinski definition) is 4. The van der Waals surface area contributed by atoms with E-state index in [-0.39, 0.29) is 17.2 Å². The van der Waals surface area contributed by atoms with Crippen molar-refractivity contribution in [2.45, 2.75) is 58.9 Å². The summed E-state index contributed by atoms with van der Waals surface area (Å²) >= 11 is 0. The van der Waals surface area contributed by atoms with E-state index >= 15 is 0 Å². The van der Waals surface area contributed by atoms with Gasteiger partial charge in [-0.3, -0.25) is 19.6 Å². The highest BCUT2D eigenvalue weighted by molar-refractivity contribution is 5.78. The van der Waals surface area contributed by atoms with Crippen LogP contribution in [0.25, 0.3) is 0 Å². The van der Waals surface area contributed by atoms with Gasteiger partial charge in [0.2, 0.25) is 11.8 Å². The molecular weight excluding hydrogens is 316 g/mol. The maximum atomic E-state index is 12.4. The van der Waals surface area contributed by atoms with E-state index < -0.39 is 0 Å².